The Kier molecular flexibility index (Phi) is 8.14. The highest BCUT2D eigenvalue weighted by molar-refractivity contribution is 9.10. The van der Waals surface area contributed by atoms with Crippen molar-refractivity contribution in [1.82, 2.24) is 5.32 Å². The van der Waals surface area contributed by atoms with Gasteiger partial charge in [0.05, 0.1) is 13.2 Å². The van der Waals surface area contributed by atoms with E-state index in [4.69, 9.17) is 4.74 Å². The fraction of sp³-hybridized carbons (Fsp3) is 0.600. The maximum Gasteiger partial charge on any atom is 0.0637 e. The molecule has 114 valence electrons. The van der Waals surface area contributed by atoms with E-state index in [0.29, 0.717) is 19.2 Å². The number of hydrogen-bond acceptors (Lipinski definition) is 4. The third-order valence-electron chi connectivity index (χ3n) is 3.26. The SMILES string of the molecule is CCNC(C)c1ccc(N(CCO)CCOC)cc1Br. The highest BCUT2D eigenvalue weighted by Gasteiger charge is 2.11. The zero-order valence-corrected chi connectivity index (χ0v) is 14.1. The number of aliphatic hydroxyl groups excluding tert-OH is 1. The van der Waals surface area contributed by atoms with Gasteiger partial charge in [-0.15, -0.1) is 0 Å². The number of rotatable bonds is 9. The van der Waals surface area contributed by atoms with Crippen LogP contribution in [0.3, 0.4) is 0 Å². The fourth-order valence-corrected chi connectivity index (χ4v) is 2.88. The molecule has 5 heteroatoms. The zero-order chi connectivity index (χ0) is 15.0. The summed E-state index contributed by atoms with van der Waals surface area (Å²) in [6, 6.07) is 6.64. The first-order valence-electron chi connectivity index (χ1n) is 7.01. The van der Waals surface area contributed by atoms with Gasteiger partial charge in [-0.1, -0.05) is 28.9 Å². The van der Waals surface area contributed by atoms with E-state index in [1.165, 1.54) is 5.56 Å². The summed E-state index contributed by atoms with van der Waals surface area (Å²) in [7, 11) is 1.69. The minimum atomic E-state index is 0.136. The molecule has 0 fully saturated rings. The molecule has 0 radical (unpaired) electrons. The maximum atomic E-state index is 9.18. The molecular formula is C15H25BrN2O2. The number of methoxy groups -OCH3 is 1. The molecule has 1 aromatic carbocycles. The normalized spacial score (nSPS) is 12.4. The highest BCUT2D eigenvalue weighted by atomic mass is 79.9. The van der Waals surface area contributed by atoms with Crippen LogP contribution in [0.25, 0.3) is 0 Å². The summed E-state index contributed by atoms with van der Waals surface area (Å²) < 4.78 is 6.21. The van der Waals surface area contributed by atoms with Crippen LogP contribution in [-0.4, -0.2) is 45.1 Å². The summed E-state index contributed by atoms with van der Waals surface area (Å²) in [5, 5.41) is 12.6. The minimum Gasteiger partial charge on any atom is -0.395 e. The Bertz CT molecular complexity index is 401. The number of benzene rings is 1. The van der Waals surface area contributed by atoms with Crippen molar-refractivity contribution in [3.8, 4) is 0 Å². The molecule has 0 amide bonds. The van der Waals surface area contributed by atoms with E-state index < -0.39 is 0 Å². The second-order valence-electron chi connectivity index (χ2n) is 4.69. The number of aliphatic hydroxyl groups is 1. The van der Waals surface area contributed by atoms with E-state index in [1.54, 1.807) is 7.11 Å². The van der Waals surface area contributed by atoms with Crippen molar-refractivity contribution >= 4 is 21.6 Å². The lowest BCUT2D eigenvalue weighted by Crippen LogP contribution is -2.30. The average molecular weight is 345 g/mol. The summed E-state index contributed by atoms with van der Waals surface area (Å²) in [6.07, 6.45) is 0. The minimum absolute atomic E-state index is 0.136. The van der Waals surface area contributed by atoms with E-state index in [0.717, 1.165) is 23.2 Å². The Morgan fingerprint density at radius 3 is 2.70 bits per heavy atom. The van der Waals surface area contributed by atoms with Crippen molar-refractivity contribution < 1.29 is 9.84 Å². The third-order valence-corrected chi connectivity index (χ3v) is 3.95. The van der Waals surface area contributed by atoms with Gasteiger partial charge in [-0.3, -0.25) is 0 Å². The van der Waals surface area contributed by atoms with Crippen molar-refractivity contribution in [2.45, 2.75) is 19.9 Å². The van der Waals surface area contributed by atoms with Gasteiger partial charge in [-0.05, 0) is 31.2 Å². The van der Waals surface area contributed by atoms with Crippen LogP contribution in [0.1, 0.15) is 25.5 Å². The Morgan fingerprint density at radius 1 is 1.40 bits per heavy atom. The first-order valence-corrected chi connectivity index (χ1v) is 7.80. The predicted octanol–water partition coefficient (Wildman–Crippen LogP) is 2.56. The molecular weight excluding hydrogens is 320 g/mol. The van der Waals surface area contributed by atoms with Crippen LogP contribution in [0.4, 0.5) is 5.69 Å². The first-order chi connectivity index (χ1) is 9.63. The molecule has 0 saturated carbocycles. The smallest absolute Gasteiger partial charge is 0.0637 e. The lowest BCUT2D eigenvalue weighted by Gasteiger charge is -2.25. The molecule has 2 N–H and O–H groups in total. The molecule has 0 aliphatic heterocycles. The molecule has 0 spiro atoms. The van der Waals surface area contributed by atoms with Crippen LogP contribution in [0.2, 0.25) is 0 Å². The summed E-state index contributed by atoms with van der Waals surface area (Å²) >= 11 is 3.64. The molecule has 0 bridgehead atoms. The van der Waals surface area contributed by atoms with E-state index in [-0.39, 0.29) is 6.61 Å². The number of ether oxygens (including phenoxy) is 1. The zero-order valence-electron chi connectivity index (χ0n) is 12.5. The lowest BCUT2D eigenvalue weighted by molar-refractivity contribution is 0.203. The van der Waals surface area contributed by atoms with Crippen molar-refractivity contribution in [3.05, 3.63) is 28.2 Å². The Balaban J connectivity index is 2.87. The number of hydrogen-bond donors (Lipinski definition) is 2. The van der Waals surface area contributed by atoms with Crippen LogP contribution < -0.4 is 10.2 Å². The van der Waals surface area contributed by atoms with E-state index in [1.807, 2.05) is 0 Å². The number of nitrogens with zero attached hydrogens (tertiary/aromatic N) is 1. The summed E-state index contributed by atoms with van der Waals surface area (Å²) in [6.45, 7) is 7.36. The average Bonchev–Trinajstić information content (AvgIpc) is 2.43. The molecule has 0 heterocycles. The van der Waals surface area contributed by atoms with Gasteiger partial charge in [0, 0.05) is 36.4 Å². The van der Waals surface area contributed by atoms with Crippen molar-refractivity contribution in [3.63, 3.8) is 0 Å². The van der Waals surface area contributed by atoms with Crippen LogP contribution in [0.5, 0.6) is 0 Å². The Labute approximate surface area is 130 Å². The van der Waals surface area contributed by atoms with E-state index in [2.05, 4.69) is 58.2 Å². The molecule has 0 saturated heterocycles. The van der Waals surface area contributed by atoms with Gasteiger partial charge >= 0.3 is 0 Å². The highest BCUT2D eigenvalue weighted by Crippen LogP contribution is 2.28. The molecule has 4 nitrogen and oxygen atoms in total. The Hall–Kier alpha value is -0.620. The first kappa shape index (κ1) is 17.4. The maximum absolute atomic E-state index is 9.18. The lowest BCUT2D eigenvalue weighted by atomic mass is 10.1. The van der Waals surface area contributed by atoms with Crippen LogP contribution in [0, 0.1) is 0 Å². The molecule has 1 atom stereocenters. The van der Waals surface area contributed by atoms with E-state index in [9.17, 15) is 5.11 Å². The van der Waals surface area contributed by atoms with Crippen LogP contribution in [0.15, 0.2) is 22.7 Å². The van der Waals surface area contributed by atoms with Gasteiger partial charge < -0.3 is 20.1 Å². The van der Waals surface area contributed by atoms with Crippen molar-refractivity contribution in [2.24, 2.45) is 0 Å². The van der Waals surface area contributed by atoms with Gasteiger partial charge in [-0.2, -0.15) is 0 Å². The van der Waals surface area contributed by atoms with Gasteiger partial charge in [0.1, 0.15) is 0 Å². The molecule has 0 aromatic heterocycles. The fourth-order valence-electron chi connectivity index (χ4n) is 2.17. The summed E-state index contributed by atoms with van der Waals surface area (Å²) in [5.41, 5.74) is 2.33. The molecule has 0 aliphatic carbocycles. The van der Waals surface area contributed by atoms with Gasteiger partial charge in [0.15, 0.2) is 0 Å². The third kappa shape index (κ3) is 5.05. The second-order valence-corrected chi connectivity index (χ2v) is 5.54. The van der Waals surface area contributed by atoms with Crippen LogP contribution >= 0.6 is 15.9 Å². The predicted molar refractivity (Wildman–Crippen MR) is 87.4 cm³/mol. The summed E-state index contributed by atoms with van der Waals surface area (Å²) in [5.74, 6) is 0. The standard InChI is InChI=1S/C15H25BrN2O2/c1-4-17-12(2)14-6-5-13(11-15(14)16)18(7-9-19)8-10-20-3/h5-6,11-12,17,19H,4,7-10H2,1-3H3. The quantitative estimate of drug-likeness (QED) is 0.722. The number of nitrogens with one attached hydrogen (secondary N) is 1. The number of anilines is 1. The molecule has 1 aromatic rings. The van der Waals surface area contributed by atoms with Crippen molar-refractivity contribution in [2.75, 3.05) is 44.9 Å². The van der Waals surface area contributed by atoms with Gasteiger partial charge in [-0.25, -0.2) is 0 Å². The monoisotopic (exact) mass is 344 g/mol. The topological polar surface area (TPSA) is 44.7 Å². The van der Waals surface area contributed by atoms with Gasteiger partial charge in [0.2, 0.25) is 0 Å². The van der Waals surface area contributed by atoms with Crippen molar-refractivity contribution in [1.29, 1.82) is 0 Å². The molecule has 1 unspecified atom stereocenters. The molecule has 20 heavy (non-hydrogen) atoms. The molecule has 1 rings (SSSR count). The Morgan fingerprint density at radius 2 is 2.15 bits per heavy atom. The largest absolute Gasteiger partial charge is 0.395 e. The van der Waals surface area contributed by atoms with Gasteiger partial charge in [0.25, 0.3) is 0 Å². The van der Waals surface area contributed by atoms with Crippen LogP contribution in [-0.2, 0) is 4.74 Å². The molecule has 0 aliphatic rings. The second kappa shape index (κ2) is 9.34. The van der Waals surface area contributed by atoms with E-state index >= 15 is 0 Å². The summed E-state index contributed by atoms with van der Waals surface area (Å²) in [4.78, 5) is 2.12. The number of halogens is 1.